The fourth-order valence-corrected chi connectivity index (χ4v) is 0. The van der Waals surface area contributed by atoms with Crippen LogP contribution in [0, 0.1) is 6.92 Å². The van der Waals surface area contributed by atoms with Crippen LogP contribution < -0.4 is 34.7 Å². The molecule has 0 N–H and O–H groups in total. The maximum absolute atomic E-state index is 8.78. The van der Waals surface area contributed by atoms with E-state index in [9.17, 15) is 0 Å². The molecule has 0 aliphatic rings. The minimum atomic E-state index is -1.33. The third kappa shape index (κ3) is 50.6. The van der Waals surface area contributed by atoms with Gasteiger partial charge >= 0.3 is 29.6 Å². The van der Waals surface area contributed by atoms with Crippen LogP contribution in [-0.2, 0) is 4.79 Å². The Morgan fingerprint density at radius 3 is 1.67 bits per heavy atom. The molecule has 0 heterocycles. The molecule has 2 radical (unpaired) electrons. The molecule has 0 amide bonds. The Labute approximate surface area is 80.9 Å². The van der Waals surface area contributed by atoms with Crippen LogP contribution in [0.5, 0.6) is 0 Å². The maximum Gasteiger partial charge on any atom is 1.00 e. The first kappa shape index (κ1) is 15.6. The molecule has 0 saturated heterocycles. The molecule has 6 heavy (non-hydrogen) atoms. The fraction of sp³-hybridized carbons (Fsp3) is 0. The van der Waals surface area contributed by atoms with Gasteiger partial charge in [0.25, 0.3) is 0 Å². The van der Waals surface area contributed by atoms with Crippen molar-refractivity contribution in [2.24, 2.45) is 0 Å². The number of carboxylic acid groups (broad SMARTS) is 1. The average molecular weight is 104 g/mol. The zero-order valence-corrected chi connectivity index (χ0v) is 8.02. The second-order valence-electron chi connectivity index (χ2n) is 0.372. The normalized spacial score (nSPS) is 4.17. The molecule has 0 rings (SSSR count). The van der Waals surface area contributed by atoms with Gasteiger partial charge in [-0.15, -0.1) is 0 Å². The van der Waals surface area contributed by atoms with Crippen LogP contribution >= 0.6 is 0 Å². The topological polar surface area (TPSA) is 40.1 Å². The summed E-state index contributed by atoms with van der Waals surface area (Å²) in [6.07, 6.45) is 0. The number of carbonyl (C=O) groups excluding carboxylic acids is 1. The minimum Gasteiger partial charge on any atom is -0.550 e. The summed E-state index contributed by atoms with van der Waals surface area (Å²) in [6, 6.07) is 0. The van der Waals surface area contributed by atoms with Crippen molar-refractivity contribution < 1.29 is 39.5 Å². The Hall–Kier alpha value is 1.47. The Kier molecular flexibility index (Phi) is 25.3. The fourth-order valence-electron chi connectivity index (χ4n) is 0. The van der Waals surface area contributed by atoms with Crippen LogP contribution in [0.25, 0.3) is 0 Å². The van der Waals surface area contributed by atoms with Gasteiger partial charge in [0, 0.05) is 35.5 Å². The van der Waals surface area contributed by atoms with Crippen LogP contribution in [0.2, 0.25) is 0 Å². The Balaban J connectivity index is -0.0000000450. The molecule has 0 aliphatic carbocycles. The standard InChI is InChI=1S/C2H3O2.2Na/c1-2(3)4;;/h1H2,(H,3,4);;/q;;+1/p-1. The molecule has 0 fully saturated rings. The summed E-state index contributed by atoms with van der Waals surface area (Å²) in [4.78, 5) is 8.78. The number of aliphatic carboxylic acids is 1. The Morgan fingerprint density at radius 2 is 1.67 bits per heavy atom. The molecule has 0 saturated carbocycles. The monoisotopic (exact) mass is 104 g/mol. The molecule has 0 atom stereocenters. The van der Waals surface area contributed by atoms with Gasteiger partial charge in [-0.2, -0.15) is 0 Å². The van der Waals surface area contributed by atoms with Gasteiger partial charge < -0.3 is 9.90 Å². The van der Waals surface area contributed by atoms with Crippen LogP contribution in [0.1, 0.15) is 0 Å². The predicted octanol–water partition coefficient (Wildman–Crippen LogP) is -4.81. The van der Waals surface area contributed by atoms with Crippen molar-refractivity contribution in [1.82, 2.24) is 0 Å². The third-order valence-electron chi connectivity index (χ3n) is 0. The van der Waals surface area contributed by atoms with Gasteiger partial charge in [-0.05, 0) is 6.92 Å². The molecule has 0 unspecified atom stereocenters. The van der Waals surface area contributed by atoms with Gasteiger partial charge in [0.1, 0.15) is 0 Å². The summed E-state index contributed by atoms with van der Waals surface area (Å²) in [6.45, 7) is 2.44. The van der Waals surface area contributed by atoms with Gasteiger partial charge in [0.15, 0.2) is 0 Å². The van der Waals surface area contributed by atoms with E-state index in [4.69, 9.17) is 9.90 Å². The largest absolute Gasteiger partial charge is 1.00 e. The first-order valence-corrected chi connectivity index (χ1v) is 0.762. The van der Waals surface area contributed by atoms with Crippen molar-refractivity contribution >= 4 is 35.5 Å². The van der Waals surface area contributed by atoms with Gasteiger partial charge in [-0.3, -0.25) is 0 Å². The van der Waals surface area contributed by atoms with Crippen molar-refractivity contribution in [2.75, 3.05) is 0 Å². The van der Waals surface area contributed by atoms with Crippen molar-refractivity contribution in [3.63, 3.8) is 0 Å². The molecular formula is C2H2Na2O2. The molecular weight excluding hydrogens is 102 g/mol. The Morgan fingerprint density at radius 1 is 1.67 bits per heavy atom. The minimum absolute atomic E-state index is 0. The molecule has 24 valence electrons. The molecule has 0 bridgehead atoms. The van der Waals surface area contributed by atoms with E-state index in [1.54, 1.807) is 0 Å². The first-order chi connectivity index (χ1) is 1.73. The van der Waals surface area contributed by atoms with E-state index in [1.807, 2.05) is 0 Å². The number of carbonyl (C=O) groups is 1. The van der Waals surface area contributed by atoms with Crippen LogP contribution in [0.15, 0.2) is 0 Å². The first-order valence-electron chi connectivity index (χ1n) is 0.762. The van der Waals surface area contributed by atoms with E-state index >= 15 is 0 Å². The van der Waals surface area contributed by atoms with Crippen molar-refractivity contribution in [2.45, 2.75) is 0 Å². The molecule has 4 heteroatoms. The van der Waals surface area contributed by atoms with Crippen LogP contribution in [0.3, 0.4) is 0 Å². The van der Waals surface area contributed by atoms with Crippen molar-refractivity contribution in [3.05, 3.63) is 6.92 Å². The van der Waals surface area contributed by atoms with E-state index in [0.717, 1.165) is 0 Å². The molecule has 0 aliphatic heterocycles. The van der Waals surface area contributed by atoms with E-state index in [1.165, 1.54) is 0 Å². The quantitative estimate of drug-likeness (QED) is 0.289. The van der Waals surface area contributed by atoms with Gasteiger partial charge in [-0.1, -0.05) is 0 Å². The van der Waals surface area contributed by atoms with Gasteiger partial charge in [-0.25, -0.2) is 0 Å². The van der Waals surface area contributed by atoms with E-state index in [-0.39, 0.29) is 59.1 Å². The number of hydrogen-bond acceptors (Lipinski definition) is 2. The maximum atomic E-state index is 8.78. The second-order valence-corrected chi connectivity index (χ2v) is 0.372. The Bertz CT molecular complexity index is 32.5. The zero-order chi connectivity index (χ0) is 3.58. The summed E-state index contributed by atoms with van der Waals surface area (Å²) in [5.41, 5.74) is 0. The molecule has 0 aromatic rings. The molecule has 0 spiro atoms. The summed E-state index contributed by atoms with van der Waals surface area (Å²) >= 11 is 0. The number of rotatable bonds is 0. The summed E-state index contributed by atoms with van der Waals surface area (Å²) < 4.78 is 0. The van der Waals surface area contributed by atoms with E-state index in [0.29, 0.717) is 0 Å². The molecule has 0 aromatic carbocycles. The molecule has 0 aromatic heterocycles. The summed E-state index contributed by atoms with van der Waals surface area (Å²) in [7, 11) is 0. The van der Waals surface area contributed by atoms with Gasteiger partial charge in [0.05, 0.1) is 0 Å². The smallest absolute Gasteiger partial charge is 0.550 e. The van der Waals surface area contributed by atoms with Crippen molar-refractivity contribution in [1.29, 1.82) is 0 Å². The third-order valence-corrected chi connectivity index (χ3v) is 0. The van der Waals surface area contributed by atoms with E-state index < -0.39 is 5.97 Å². The van der Waals surface area contributed by atoms with Crippen LogP contribution in [0.4, 0.5) is 0 Å². The zero-order valence-electron chi connectivity index (χ0n) is 4.02. The summed E-state index contributed by atoms with van der Waals surface area (Å²) in [5.74, 6) is -1.33. The SMILES string of the molecule is [CH2]C(=O)[O-].[Na+].[Na]. The summed E-state index contributed by atoms with van der Waals surface area (Å²) in [5, 5.41) is 8.78. The number of hydrogen-bond donors (Lipinski definition) is 0. The van der Waals surface area contributed by atoms with Crippen LogP contribution in [-0.4, -0.2) is 35.5 Å². The van der Waals surface area contributed by atoms with Gasteiger partial charge in [0.2, 0.25) is 0 Å². The predicted molar refractivity (Wildman–Crippen MR) is 16.1 cm³/mol. The average Bonchev–Trinajstić information content (AvgIpc) is 0.811. The molecule has 2 nitrogen and oxygen atoms in total. The van der Waals surface area contributed by atoms with Crippen molar-refractivity contribution in [3.8, 4) is 0 Å². The number of carboxylic acids is 1. The van der Waals surface area contributed by atoms with E-state index in [2.05, 4.69) is 6.92 Å². The second kappa shape index (κ2) is 9.69.